The molecule has 0 saturated carbocycles. The summed E-state index contributed by atoms with van der Waals surface area (Å²) in [5.41, 5.74) is 14.7. The molecule has 150 valence electrons. The molecule has 0 radical (unpaired) electrons. The lowest BCUT2D eigenvalue weighted by molar-refractivity contribution is 0.414. The number of anilines is 1. The summed E-state index contributed by atoms with van der Waals surface area (Å²) in [5, 5.41) is 7.97. The topological polar surface area (TPSA) is 116 Å². The highest BCUT2D eigenvalue weighted by molar-refractivity contribution is 5.53. The van der Waals surface area contributed by atoms with Crippen LogP contribution in [0.2, 0.25) is 0 Å². The summed E-state index contributed by atoms with van der Waals surface area (Å²) in [6.45, 7) is 6.70. The van der Waals surface area contributed by atoms with Crippen LogP contribution in [0.5, 0.6) is 5.75 Å². The first-order chi connectivity index (χ1) is 13.4. The molecular formula is C20H29N7O. The third-order valence-corrected chi connectivity index (χ3v) is 4.75. The normalized spacial score (nSPS) is 13.7. The van der Waals surface area contributed by atoms with Gasteiger partial charge in [-0.05, 0) is 30.5 Å². The van der Waals surface area contributed by atoms with Gasteiger partial charge in [0.25, 0.3) is 0 Å². The monoisotopic (exact) mass is 383 g/mol. The molecule has 0 saturated heterocycles. The molecule has 5 N–H and O–H groups in total. The van der Waals surface area contributed by atoms with Crippen LogP contribution < -0.4 is 21.5 Å². The molecule has 0 aliphatic heterocycles. The molecule has 0 bridgehead atoms. The van der Waals surface area contributed by atoms with E-state index in [9.17, 15) is 0 Å². The molecule has 0 amide bonds. The Kier molecular flexibility index (Phi) is 6.11. The smallest absolute Gasteiger partial charge is 0.228 e. The fourth-order valence-electron chi connectivity index (χ4n) is 3.04. The fourth-order valence-corrected chi connectivity index (χ4v) is 3.04. The van der Waals surface area contributed by atoms with Crippen molar-refractivity contribution >= 4 is 11.6 Å². The zero-order valence-corrected chi connectivity index (χ0v) is 16.9. The zero-order valence-electron chi connectivity index (χ0n) is 16.9. The maximum Gasteiger partial charge on any atom is 0.228 e. The Balaban J connectivity index is 2.00. The summed E-state index contributed by atoms with van der Waals surface area (Å²) in [7, 11) is 1.66. The molecule has 2 atom stereocenters. The maximum atomic E-state index is 6.03. The number of ether oxygens (including phenoxy) is 1. The maximum absolute atomic E-state index is 6.03. The first-order valence-corrected chi connectivity index (χ1v) is 9.53. The number of nitrogens with one attached hydrogen (secondary N) is 1. The SMILES string of the molecule is COc1cccc(C(C)Nc2nc(CC(N)CN)nc3c(C(C)C)cnn23)c1. The van der Waals surface area contributed by atoms with Crippen molar-refractivity contribution in [3.8, 4) is 5.75 Å². The van der Waals surface area contributed by atoms with Gasteiger partial charge in [-0.15, -0.1) is 0 Å². The number of aromatic nitrogens is 4. The predicted molar refractivity (Wildman–Crippen MR) is 111 cm³/mol. The van der Waals surface area contributed by atoms with Gasteiger partial charge in [0.2, 0.25) is 5.95 Å². The van der Waals surface area contributed by atoms with Crippen LogP contribution in [0.15, 0.2) is 30.5 Å². The van der Waals surface area contributed by atoms with E-state index in [1.54, 1.807) is 11.6 Å². The third-order valence-electron chi connectivity index (χ3n) is 4.75. The minimum Gasteiger partial charge on any atom is -0.497 e. The Labute approximate surface area is 165 Å². The molecule has 0 fully saturated rings. The number of nitrogens with two attached hydrogens (primary N) is 2. The molecule has 28 heavy (non-hydrogen) atoms. The van der Waals surface area contributed by atoms with Gasteiger partial charge in [-0.2, -0.15) is 14.6 Å². The second-order valence-electron chi connectivity index (χ2n) is 7.30. The van der Waals surface area contributed by atoms with Crippen LogP contribution in [-0.2, 0) is 6.42 Å². The van der Waals surface area contributed by atoms with Gasteiger partial charge >= 0.3 is 0 Å². The van der Waals surface area contributed by atoms with Crippen molar-refractivity contribution in [2.45, 2.75) is 45.2 Å². The lowest BCUT2D eigenvalue weighted by atomic mass is 10.1. The van der Waals surface area contributed by atoms with Crippen LogP contribution in [0, 0.1) is 0 Å². The van der Waals surface area contributed by atoms with E-state index >= 15 is 0 Å². The van der Waals surface area contributed by atoms with Crippen LogP contribution in [0.1, 0.15) is 49.7 Å². The van der Waals surface area contributed by atoms with Crippen LogP contribution >= 0.6 is 0 Å². The van der Waals surface area contributed by atoms with Crippen molar-refractivity contribution in [1.29, 1.82) is 0 Å². The summed E-state index contributed by atoms with van der Waals surface area (Å²) in [4.78, 5) is 9.39. The molecule has 2 heterocycles. The average Bonchev–Trinajstić information content (AvgIpc) is 3.12. The van der Waals surface area contributed by atoms with E-state index in [1.807, 2.05) is 30.5 Å². The summed E-state index contributed by atoms with van der Waals surface area (Å²) >= 11 is 0. The van der Waals surface area contributed by atoms with E-state index in [0.717, 1.165) is 22.5 Å². The van der Waals surface area contributed by atoms with Crippen molar-refractivity contribution in [3.05, 3.63) is 47.4 Å². The Morgan fingerprint density at radius 1 is 1.21 bits per heavy atom. The summed E-state index contributed by atoms with van der Waals surface area (Å²) < 4.78 is 7.09. The van der Waals surface area contributed by atoms with Crippen LogP contribution in [0.25, 0.3) is 5.65 Å². The van der Waals surface area contributed by atoms with Gasteiger partial charge < -0.3 is 21.5 Å². The van der Waals surface area contributed by atoms with E-state index in [1.165, 1.54) is 0 Å². The van der Waals surface area contributed by atoms with Gasteiger partial charge in [-0.1, -0.05) is 26.0 Å². The quantitative estimate of drug-likeness (QED) is 0.546. The minimum absolute atomic E-state index is 0.00377. The average molecular weight is 384 g/mol. The molecule has 3 rings (SSSR count). The fraction of sp³-hybridized carbons (Fsp3) is 0.450. The number of benzene rings is 1. The number of hydrogen-bond donors (Lipinski definition) is 3. The second-order valence-corrected chi connectivity index (χ2v) is 7.30. The zero-order chi connectivity index (χ0) is 20.3. The molecule has 8 heteroatoms. The largest absolute Gasteiger partial charge is 0.497 e. The molecule has 2 unspecified atom stereocenters. The van der Waals surface area contributed by atoms with E-state index in [2.05, 4.69) is 36.2 Å². The lowest BCUT2D eigenvalue weighted by Crippen LogP contribution is -2.32. The minimum atomic E-state index is -0.184. The molecule has 0 aliphatic carbocycles. The molecule has 2 aromatic heterocycles. The Bertz CT molecular complexity index is 937. The van der Waals surface area contributed by atoms with Crippen LogP contribution in [0.4, 0.5) is 5.95 Å². The number of fused-ring (bicyclic) bond motifs is 1. The number of methoxy groups -OCH3 is 1. The van der Waals surface area contributed by atoms with E-state index in [0.29, 0.717) is 30.7 Å². The number of nitrogens with zero attached hydrogens (tertiary/aromatic N) is 4. The molecule has 0 spiro atoms. The summed E-state index contributed by atoms with van der Waals surface area (Å²) in [6, 6.07) is 7.76. The van der Waals surface area contributed by atoms with Gasteiger partial charge in [-0.25, -0.2) is 4.98 Å². The Morgan fingerprint density at radius 2 is 2.00 bits per heavy atom. The van der Waals surface area contributed by atoms with Crippen molar-refractivity contribution in [2.75, 3.05) is 19.0 Å². The Morgan fingerprint density at radius 3 is 2.68 bits per heavy atom. The van der Waals surface area contributed by atoms with Crippen molar-refractivity contribution < 1.29 is 4.74 Å². The highest BCUT2D eigenvalue weighted by Gasteiger charge is 2.18. The van der Waals surface area contributed by atoms with Gasteiger partial charge in [0.05, 0.1) is 19.3 Å². The van der Waals surface area contributed by atoms with Gasteiger partial charge in [-0.3, -0.25) is 0 Å². The van der Waals surface area contributed by atoms with Crippen LogP contribution in [-0.4, -0.2) is 39.3 Å². The first-order valence-electron chi connectivity index (χ1n) is 9.53. The summed E-state index contributed by atoms with van der Waals surface area (Å²) in [6.07, 6.45) is 2.36. The molecule has 1 aromatic carbocycles. The van der Waals surface area contributed by atoms with Crippen molar-refractivity contribution in [2.24, 2.45) is 11.5 Å². The molecule has 0 aliphatic rings. The number of hydrogen-bond acceptors (Lipinski definition) is 7. The molecule has 8 nitrogen and oxygen atoms in total. The second kappa shape index (κ2) is 8.53. The van der Waals surface area contributed by atoms with Crippen molar-refractivity contribution in [1.82, 2.24) is 19.6 Å². The van der Waals surface area contributed by atoms with Gasteiger partial charge in [0.15, 0.2) is 5.65 Å². The lowest BCUT2D eigenvalue weighted by Gasteiger charge is -2.17. The number of rotatable bonds is 8. The van der Waals surface area contributed by atoms with Crippen LogP contribution in [0.3, 0.4) is 0 Å². The highest BCUT2D eigenvalue weighted by atomic mass is 16.5. The Hall–Kier alpha value is -2.71. The van der Waals surface area contributed by atoms with Gasteiger partial charge in [0, 0.05) is 24.6 Å². The van der Waals surface area contributed by atoms with E-state index in [4.69, 9.17) is 21.2 Å². The predicted octanol–water partition coefficient (Wildman–Crippen LogP) is 2.26. The third kappa shape index (κ3) is 4.23. The van der Waals surface area contributed by atoms with E-state index < -0.39 is 0 Å². The summed E-state index contributed by atoms with van der Waals surface area (Å²) in [5.74, 6) is 2.40. The molecular weight excluding hydrogens is 354 g/mol. The highest BCUT2D eigenvalue weighted by Crippen LogP contribution is 2.25. The van der Waals surface area contributed by atoms with Gasteiger partial charge in [0.1, 0.15) is 11.6 Å². The molecule has 3 aromatic rings. The van der Waals surface area contributed by atoms with E-state index in [-0.39, 0.29) is 12.1 Å². The van der Waals surface area contributed by atoms with Crippen molar-refractivity contribution in [3.63, 3.8) is 0 Å². The first kappa shape index (κ1) is 20.0. The standard InChI is InChI=1S/C20H29N7O/c1-12(2)17-11-23-27-19(17)25-18(9-15(22)10-21)26-20(27)24-13(3)14-6-5-7-16(8-14)28-4/h5-8,11-13,15H,9-10,21-22H2,1-4H3,(H,24,25,26).